The summed E-state index contributed by atoms with van der Waals surface area (Å²) >= 11 is 0. The Morgan fingerprint density at radius 2 is 2.12 bits per heavy atom. The molecule has 0 amide bonds. The Labute approximate surface area is 182 Å². The predicted octanol–water partition coefficient (Wildman–Crippen LogP) is 4.75. The fourth-order valence-corrected chi connectivity index (χ4v) is 3.59. The number of aliphatic imine (C=N–C) groups is 1. The van der Waals surface area contributed by atoms with Gasteiger partial charge >= 0.3 is 0 Å². The highest BCUT2D eigenvalue weighted by Gasteiger charge is 2.18. The Balaban J connectivity index is 1.69. The molecule has 0 fully saturated rings. The average Bonchev–Trinajstić information content (AvgIpc) is 3.51. The van der Waals surface area contributed by atoms with Crippen LogP contribution in [0, 0.1) is 12.7 Å². The molecule has 0 unspecified atom stereocenters. The lowest BCUT2D eigenvalue weighted by molar-refractivity contribution is 0.636. The van der Waals surface area contributed by atoms with Crippen LogP contribution in [0.1, 0.15) is 18.2 Å². The van der Waals surface area contributed by atoms with Gasteiger partial charge in [0.2, 0.25) is 0 Å². The molecule has 5 aromatic rings. The van der Waals surface area contributed by atoms with Gasteiger partial charge in [-0.1, -0.05) is 12.7 Å². The molecule has 0 bridgehead atoms. The predicted molar refractivity (Wildman–Crippen MR) is 123 cm³/mol. The van der Waals surface area contributed by atoms with Crippen molar-refractivity contribution in [3.05, 3.63) is 72.8 Å². The number of allylic oxidation sites excluding steroid dienone is 2. The maximum atomic E-state index is 14.9. The molecule has 0 saturated heterocycles. The first-order chi connectivity index (χ1) is 15.6. The number of fused-ring (bicyclic) bond motifs is 2. The van der Waals surface area contributed by atoms with E-state index in [1.54, 1.807) is 31.0 Å². The highest BCUT2D eigenvalue weighted by molar-refractivity contribution is 5.96. The Morgan fingerprint density at radius 3 is 2.88 bits per heavy atom. The van der Waals surface area contributed by atoms with Crippen molar-refractivity contribution in [1.29, 1.82) is 0 Å². The zero-order chi connectivity index (χ0) is 22.2. The summed E-state index contributed by atoms with van der Waals surface area (Å²) in [4.78, 5) is 20.9. The Hall–Kier alpha value is -4.40. The summed E-state index contributed by atoms with van der Waals surface area (Å²) in [6.07, 6.45) is 10.2. The molecule has 1 aromatic carbocycles. The Kier molecular flexibility index (Phi) is 4.70. The fraction of sp³-hybridized carbons (Fsp3) is 0.0870. The number of aromatic amines is 2. The van der Waals surface area contributed by atoms with E-state index >= 15 is 0 Å². The summed E-state index contributed by atoms with van der Waals surface area (Å²) in [5.74, 6) is 0.733. The third-order valence-corrected chi connectivity index (χ3v) is 5.10. The van der Waals surface area contributed by atoms with Crippen LogP contribution in [0.2, 0.25) is 0 Å². The lowest BCUT2D eigenvalue weighted by Crippen LogP contribution is -1.95. The fourth-order valence-electron chi connectivity index (χ4n) is 3.59. The van der Waals surface area contributed by atoms with Gasteiger partial charge < -0.3 is 4.98 Å². The van der Waals surface area contributed by atoms with E-state index in [-0.39, 0.29) is 5.52 Å². The summed E-state index contributed by atoms with van der Waals surface area (Å²) in [5.41, 5.74) is 4.49. The van der Waals surface area contributed by atoms with Crippen molar-refractivity contribution in [2.75, 3.05) is 0 Å². The first-order valence-electron chi connectivity index (χ1n) is 9.93. The number of H-pyrrole nitrogens is 2. The van der Waals surface area contributed by atoms with Gasteiger partial charge in [-0.15, -0.1) is 0 Å². The van der Waals surface area contributed by atoms with Gasteiger partial charge in [0.1, 0.15) is 23.1 Å². The molecule has 5 rings (SSSR count). The number of aryl methyl sites for hydroxylation is 1. The molecule has 4 aromatic heterocycles. The van der Waals surface area contributed by atoms with E-state index in [1.807, 2.05) is 36.7 Å². The van der Waals surface area contributed by atoms with Crippen LogP contribution in [0.5, 0.6) is 0 Å². The molecule has 2 N–H and O–H groups in total. The number of benzene rings is 1. The second kappa shape index (κ2) is 7.69. The molecule has 0 spiro atoms. The average molecular weight is 426 g/mol. The van der Waals surface area contributed by atoms with Crippen LogP contribution in [0.4, 0.5) is 4.39 Å². The number of imidazole rings is 2. The van der Waals surface area contributed by atoms with E-state index in [4.69, 9.17) is 4.98 Å². The van der Waals surface area contributed by atoms with Crippen LogP contribution in [0.25, 0.3) is 44.8 Å². The van der Waals surface area contributed by atoms with Crippen LogP contribution in [-0.2, 0) is 0 Å². The van der Waals surface area contributed by atoms with Crippen molar-refractivity contribution in [3.8, 4) is 17.3 Å². The summed E-state index contributed by atoms with van der Waals surface area (Å²) < 4.78 is 16.7. The number of pyridine rings is 1. The molecule has 0 aliphatic heterocycles. The number of halogens is 1. The number of hydrogen-bond donors (Lipinski definition) is 2. The molecule has 0 saturated carbocycles. The highest BCUT2D eigenvalue weighted by Crippen LogP contribution is 2.31. The molecule has 4 heterocycles. The second-order valence-electron chi connectivity index (χ2n) is 7.19. The van der Waals surface area contributed by atoms with Crippen LogP contribution < -0.4 is 0 Å². The number of hydrogen-bond acceptors (Lipinski definition) is 5. The lowest BCUT2D eigenvalue weighted by Gasteiger charge is -2.03. The molecule has 0 radical (unpaired) electrons. The van der Waals surface area contributed by atoms with Crippen molar-refractivity contribution in [2.45, 2.75) is 13.8 Å². The minimum absolute atomic E-state index is 0.232. The summed E-state index contributed by atoms with van der Waals surface area (Å²) in [5, 5.41) is 7.69. The number of aromatic nitrogens is 7. The SMILES string of the molecule is C=C/C(=C\N=CC)c1cc(F)c2n[nH]c(-c3nc4c(-n5cnc(C)c5)nccc4[nH]3)c2c1. The third-order valence-electron chi connectivity index (χ3n) is 5.10. The molecule has 9 heteroatoms. The molecular weight excluding hydrogens is 407 g/mol. The van der Waals surface area contributed by atoms with Crippen molar-refractivity contribution in [3.63, 3.8) is 0 Å². The van der Waals surface area contributed by atoms with Crippen LogP contribution >= 0.6 is 0 Å². The zero-order valence-corrected chi connectivity index (χ0v) is 17.5. The molecule has 0 aliphatic carbocycles. The minimum atomic E-state index is -0.444. The molecule has 32 heavy (non-hydrogen) atoms. The first kappa shape index (κ1) is 19.6. The van der Waals surface area contributed by atoms with Crippen LogP contribution in [0.3, 0.4) is 0 Å². The summed E-state index contributed by atoms with van der Waals surface area (Å²) in [6.45, 7) is 7.54. The molecule has 158 valence electrons. The van der Waals surface area contributed by atoms with Gasteiger partial charge in [0.15, 0.2) is 17.5 Å². The van der Waals surface area contributed by atoms with E-state index < -0.39 is 5.82 Å². The lowest BCUT2D eigenvalue weighted by atomic mass is 10.0. The van der Waals surface area contributed by atoms with Crippen LogP contribution in [-0.4, -0.2) is 40.9 Å². The number of nitrogens with zero attached hydrogens (tertiary/aromatic N) is 6. The smallest absolute Gasteiger partial charge is 0.166 e. The maximum Gasteiger partial charge on any atom is 0.166 e. The number of nitrogens with one attached hydrogen (secondary N) is 2. The van der Waals surface area contributed by atoms with Crippen LogP contribution in [0.15, 0.2) is 60.8 Å². The normalized spacial score (nSPS) is 12.4. The van der Waals surface area contributed by atoms with Crippen molar-refractivity contribution in [2.24, 2.45) is 4.99 Å². The van der Waals surface area contributed by atoms with Gasteiger partial charge in [0.05, 0.1) is 11.2 Å². The Bertz CT molecular complexity index is 1530. The molecule has 8 nitrogen and oxygen atoms in total. The van der Waals surface area contributed by atoms with Crippen molar-refractivity contribution in [1.82, 2.24) is 34.7 Å². The largest absolute Gasteiger partial charge is 0.336 e. The van der Waals surface area contributed by atoms with E-state index in [2.05, 4.69) is 36.7 Å². The van der Waals surface area contributed by atoms with Crippen molar-refractivity contribution < 1.29 is 4.39 Å². The summed E-state index contributed by atoms with van der Waals surface area (Å²) in [6, 6.07) is 5.11. The molecule has 0 atom stereocenters. The standard InChI is InChI=1S/C23H19FN8/c1-4-14(10-25-5-2)15-8-16-19(17(24)9-15)30-31-20(16)22-28-18-6-7-26-23(21(18)29-22)32-11-13(3)27-12-32/h4-12H,1H2,2-3H3,(H,28,29)(H,30,31)/b14-10+,25-5?. The van der Waals surface area contributed by atoms with E-state index in [0.29, 0.717) is 39.4 Å². The maximum absolute atomic E-state index is 14.9. The van der Waals surface area contributed by atoms with Crippen molar-refractivity contribution >= 4 is 33.7 Å². The number of rotatable bonds is 5. The van der Waals surface area contributed by atoms with E-state index in [9.17, 15) is 4.39 Å². The second-order valence-corrected chi connectivity index (χ2v) is 7.19. The van der Waals surface area contributed by atoms with Gasteiger partial charge in [0, 0.05) is 30.2 Å². The summed E-state index contributed by atoms with van der Waals surface area (Å²) in [7, 11) is 0. The molecule has 0 aliphatic rings. The zero-order valence-electron chi connectivity index (χ0n) is 17.5. The molecular formula is C23H19FN8. The highest BCUT2D eigenvalue weighted by atomic mass is 19.1. The van der Waals surface area contributed by atoms with Gasteiger partial charge in [-0.05, 0) is 43.2 Å². The third kappa shape index (κ3) is 3.20. The minimum Gasteiger partial charge on any atom is -0.336 e. The quantitative estimate of drug-likeness (QED) is 0.313. The monoisotopic (exact) mass is 426 g/mol. The van der Waals surface area contributed by atoms with Gasteiger partial charge in [-0.2, -0.15) is 5.10 Å². The Morgan fingerprint density at radius 1 is 1.25 bits per heavy atom. The first-order valence-corrected chi connectivity index (χ1v) is 9.93. The van der Waals surface area contributed by atoms with E-state index in [0.717, 1.165) is 11.2 Å². The van der Waals surface area contributed by atoms with Gasteiger partial charge in [-0.3, -0.25) is 14.7 Å². The van der Waals surface area contributed by atoms with Gasteiger partial charge in [-0.25, -0.2) is 19.3 Å². The van der Waals surface area contributed by atoms with E-state index in [1.165, 1.54) is 6.07 Å². The van der Waals surface area contributed by atoms with Gasteiger partial charge in [0.25, 0.3) is 0 Å². The topological polar surface area (TPSA) is 100 Å².